The van der Waals surface area contributed by atoms with Crippen LogP contribution in [0.1, 0.15) is 45.4 Å². The fourth-order valence-corrected chi connectivity index (χ4v) is 3.31. The SMILES string of the molecule is COC(=O)CC1CNC(C)CN1C1CCCCC1. The van der Waals surface area contributed by atoms with Gasteiger partial charge in [0.15, 0.2) is 0 Å². The Morgan fingerprint density at radius 1 is 1.33 bits per heavy atom. The van der Waals surface area contributed by atoms with E-state index in [1.165, 1.54) is 39.2 Å². The molecule has 0 aromatic rings. The van der Waals surface area contributed by atoms with Crippen molar-refractivity contribution in [3.05, 3.63) is 0 Å². The van der Waals surface area contributed by atoms with Gasteiger partial charge in [0, 0.05) is 31.2 Å². The zero-order valence-corrected chi connectivity index (χ0v) is 11.7. The molecule has 2 atom stereocenters. The van der Waals surface area contributed by atoms with E-state index in [-0.39, 0.29) is 5.97 Å². The zero-order chi connectivity index (χ0) is 13.0. The van der Waals surface area contributed by atoms with Crippen molar-refractivity contribution in [1.82, 2.24) is 10.2 Å². The van der Waals surface area contributed by atoms with Gasteiger partial charge in [-0.25, -0.2) is 0 Å². The third-order valence-electron chi connectivity index (χ3n) is 4.33. The summed E-state index contributed by atoms with van der Waals surface area (Å²) in [6.45, 7) is 4.20. The maximum atomic E-state index is 11.5. The molecule has 0 aromatic heterocycles. The second kappa shape index (κ2) is 6.53. The molecule has 2 aliphatic rings. The smallest absolute Gasteiger partial charge is 0.307 e. The van der Waals surface area contributed by atoms with Crippen molar-refractivity contribution in [3.8, 4) is 0 Å². The second-order valence-electron chi connectivity index (χ2n) is 5.73. The van der Waals surface area contributed by atoms with Crippen molar-refractivity contribution in [2.24, 2.45) is 0 Å². The minimum absolute atomic E-state index is 0.0860. The lowest BCUT2D eigenvalue weighted by Crippen LogP contribution is -2.59. The van der Waals surface area contributed by atoms with Crippen molar-refractivity contribution in [3.63, 3.8) is 0 Å². The Morgan fingerprint density at radius 2 is 2.06 bits per heavy atom. The van der Waals surface area contributed by atoms with Crippen LogP contribution in [0.2, 0.25) is 0 Å². The predicted octanol–water partition coefficient (Wildman–Crippen LogP) is 1.54. The summed E-state index contributed by atoms with van der Waals surface area (Å²) in [4.78, 5) is 14.1. The minimum atomic E-state index is -0.0860. The number of piperazine rings is 1. The summed E-state index contributed by atoms with van der Waals surface area (Å²) in [5.74, 6) is -0.0860. The number of hydrogen-bond acceptors (Lipinski definition) is 4. The van der Waals surface area contributed by atoms with Crippen molar-refractivity contribution >= 4 is 5.97 Å². The average molecular weight is 254 g/mol. The van der Waals surface area contributed by atoms with Gasteiger partial charge in [-0.2, -0.15) is 0 Å². The van der Waals surface area contributed by atoms with Crippen LogP contribution >= 0.6 is 0 Å². The van der Waals surface area contributed by atoms with Crippen LogP contribution in [0.15, 0.2) is 0 Å². The van der Waals surface area contributed by atoms with Gasteiger partial charge in [-0.05, 0) is 19.8 Å². The summed E-state index contributed by atoms with van der Waals surface area (Å²) in [7, 11) is 1.48. The number of carbonyl (C=O) groups is 1. The first kappa shape index (κ1) is 13.8. The molecule has 0 spiro atoms. The predicted molar refractivity (Wildman–Crippen MR) is 71.5 cm³/mol. The molecule has 0 aromatic carbocycles. The highest BCUT2D eigenvalue weighted by Gasteiger charge is 2.33. The van der Waals surface area contributed by atoms with Crippen LogP contribution in [0.3, 0.4) is 0 Å². The Morgan fingerprint density at radius 3 is 2.72 bits per heavy atom. The van der Waals surface area contributed by atoms with Gasteiger partial charge in [-0.1, -0.05) is 19.3 Å². The molecule has 4 nitrogen and oxygen atoms in total. The maximum absolute atomic E-state index is 11.5. The number of rotatable bonds is 3. The highest BCUT2D eigenvalue weighted by molar-refractivity contribution is 5.70. The summed E-state index contributed by atoms with van der Waals surface area (Å²) >= 11 is 0. The Kier molecular flexibility index (Phi) is 5.01. The minimum Gasteiger partial charge on any atom is -0.469 e. The molecule has 0 bridgehead atoms. The molecule has 0 amide bonds. The molecule has 1 aliphatic heterocycles. The first-order valence-electron chi connectivity index (χ1n) is 7.26. The Balaban J connectivity index is 1.98. The Labute approximate surface area is 110 Å². The highest BCUT2D eigenvalue weighted by Crippen LogP contribution is 2.26. The van der Waals surface area contributed by atoms with Crippen LogP contribution in [-0.4, -0.2) is 49.2 Å². The van der Waals surface area contributed by atoms with Crippen molar-refractivity contribution < 1.29 is 9.53 Å². The Hall–Kier alpha value is -0.610. The van der Waals surface area contributed by atoms with Crippen molar-refractivity contribution in [1.29, 1.82) is 0 Å². The fourth-order valence-electron chi connectivity index (χ4n) is 3.31. The first-order chi connectivity index (χ1) is 8.70. The molecule has 2 unspecified atom stereocenters. The molecule has 1 aliphatic carbocycles. The number of carbonyl (C=O) groups excluding carboxylic acids is 1. The first-order valence-corrected chi connectivity index (χ1v) is 7.26. The van der Waals surface area contributed by atoms with Crippen LogP contribution in [0.4, 0.5) is 0 Å². The fraction of sp³-hybridized carbons (Fsp3) is 0.929. The average Bonchev–Trinajstić information content (AvgIpc) is 2.41. The summed E-state index contributed by atoms with van der Waals surface area (Å²) in [5.41, 5.74) is 0. The summed E-state index contributed by atoms with van der Waals surface area (Å²) < 4.78 is 4.82. The van der Waals surface area contributed by atoms with Gasteiger partial charge in [-0.3, -0.25) is 9.69 Å². The van der Waals surface area contributed by atoms with E-state index in [2.05, 4.69) is 17.1 Å². The quantitative estimate of drug-likeness (QED) is 0.776. The number of methoxy groups -OCH3 is 1. The standard InChI is InChI=1S/C14H26N2O2/c1-11-10-16(12-6-4-3-5-7-12)13(9-15-11)8-14(17)18-2/h11-13,15H,3-10H2,1-2H3. The van der Waals surface area contributed by atoms with E-state index < -0.39 is 0 Å². The van der Waals surface area contributed by atoms with Crippen LogP contribution in [0.25, 0.3) is 0 Å². The molecule has 18 heavy (non-hydrogen) atoms. The number of esters is 1. The van der Waals surface area contributed by atoms with Gasteiger partial charge in [0.25, 0.3) is 0 Å². The molecular formula is C14H26N2O2. The normalized spacial score (nSPS) is 31.2. The van der Waals surface area contributed by atoms with E-state index in [0.717, 1.165) is 13.1 Å². The van der Waals surface area contributed by atoms with Gasteiger partial charge < -0.3 is 10.1 Å². The van der Waals surface area contributed by atoms with E-state index in [1.807, 2.05) is 0 Å². The van der Waals surface area contributed by atoms with E-state index in [9.17, 15) is 4.79 Å². The van der Waals surface area contributed by atoms with E-state index in [0.29, 0.717) is 24.5 Å². The number of hydrogen-bond donors (Lipinski definition) is 1. The van der Waals surface area contributed by atoms with E-state index in [1.54, 1.807) is 0 Å². The monoisotopic (exact) mass is 254 g/mol. The van der Waals surface area contributed by atoms with Crippen LogP contribution in [0.5, 0.6) is 0 Å². The van der Waals surface area contributed by atoms with Crippen LogP contribution in [0, 0.1) is 0 Å². The molecule has 1 saturated carbocycles. The van der Waals surface area contributed by atoms with E-state index in [4.69, 9.17) is 4.74 Å². The molecular weight excluding hydrogens is 228 g/mol. The van der Waals surface area contributed by atoms with Gasteiger partial charge in [0.05, 0.1) is 13.5 Å². The molecule has 1 saturated heterocycles. The summed E-state index contributed by atoms with van der Waals surface area (Å²) in [6.07, 6.45) is 7.17. The van der Waals surface area contributed by atoms with Crippen molar-refractivity contribution in [2.45, 2.75) is 63.6 Å². The molecule has 104 valence electrons. The topological polar surface area (TPSA) is 41.6 Å². The van der Waals surface area contributed by atoms with E-state index >= 15 is 0 Å². The molecule has 2 fully saturated rings. The lowest BCUT2D eigenvalue weighted by molar-refractivity contribution is -0.142. The van der Waals surface area contributed by atoms with Gasteiger partial charge in [-0.15, -0.1) is 0 Å². The van der Waals surface area contributed by atoms with Crippen LogP contribution < -0.4 is 5.32 Å². The third kappa shape index (κ3) is 3.45. The van der Waals surface area contributed by atoms with Crippen LogP contribution in [-0.2, 0) is 9.53 Å². The number of nitrogens with zero attached hydrogens (tertiary/aromatic N) is 1. The molecule has 4 heteroatoms. The second-order valence-corrected chi connectivity index (χ2v) is 5.73. The molecule has 0 radical (unpaired) electrons. The lowest BCUT2D eigenvalue weighted by atomic mass is 9.91. The molecule has 1 N–H and O–H groups in total. The number of ether oxygens (including phenoxy) is 1. The molecule has 1 heterocycles. The van der Waals surface area contributed by atoms with Gasteiger partial charge >= 0.3 is 5.97 Å². The maximum Gasteiger partial charge on any atom is 0.307 e. The third-order valence-corrected chi connectivity index (χ3v) is 4.33. The largest absolute Gasteiger partial charge is 0.469 e. The van der Waals surface area contributed by atoms with Gasteiger partial charge in [0.2, 0.25) is 0 Å². The zero-order valence-electron chi connectivity index (χ0n) is 11.7. The van der Waals surface area contributed by atoms with Crippen molar-refractivity contribution in [2.75, 3.05) is 20.2 Å². The van der Waals surface area contributed by atoms with Gasteiger partial charge in [0.1, 0.15) is 0 Å². The molecule has 2 rings (SSSR count). The summed E-state index contributed by atoms with van der Waals surface area (Å²) in [5, 5.41) is 3.48. The summed E-state index contributed by atoms with van der Waals surface area (Å²) in [6, 6.07) is 1.52. The highest BCUT2D eigenvalue weighted by atomic mass is 16.5. The number of nitrogens with one attached hydrogen (secondary N) is 1. The Bertz CT molecular complexity index is 277. The lowest BCUT2D eigenvalue weighted by Gasteiger charge is -2.45.